The van der Waals surface area contributed by atoms with Crippen LogP contribution in [0, 0.1) is 0 Å². The largest absolute Gasteiger partial charge is 0.497 e. The normalized spacial score (nSPS) is 17.6. The van der Waals surface area contributed by atoms with Crippen molar-refractivity contribution in [2.45, 2.75) is 23.9 Å². The minimum Gasteiger partial charge on any atom is -0.497 e. The summed E-state index contributed by atoms with van der Waals surface area (Å²) in [5, 5.41) is 6.53. The molecule has 0 aliphatic carbocycles. The first kappa shape index (κ1) is 18.1. The maximum Gasteiger partial charge on any atom is 0.241 e. The van der Waals surface area contributed by atoms with E-state index in [1.54, 1.807) is 19.2 Å². The predicted octanol–water partition coefficient (Wildman–Crippen LogP) is 2.92. The van der Waals surface area contributed by atoms with E-state index < -0.39 is 10.0 Å². The van der Waals surface area contributed by atoms with Gasteiger partial charge in [0, 0.05) is 22.8 Å². The van der Waals surface area contributed by atoms with Crippen LogP contribution in [0.15, 0.2) is 41.4 Å². The zero-order valence-electron chi connectivity index (χ0n) is 16.1. The van der Waals surface area contributed by atoms with Crippen molar-refractivity contribution in [3.8, 4) is 11.5 Å². The number of hydrogen-bond donors (Lipinski definition) is 2. The van der Waals surface area contributed by atoms with Crippen molar-refractivity contribution >= 4 is 27.0 Å². The quantitative estimate of drug-likeness (QED) is 0.691. The van der Waals surface area contributed by atoms with E-state index in [2.05, 4.69) is 16.0 Å². The van der Waals surface area contributed by atoms with Gasteiger partial charge in [-0.3, -0.25) is 0 Å². The van der Waals surface area contributed by atoms with Crippen LogP contribution in [0.25, 0.3) is 17.0 Å². The molecule has 0 saturated heterocycles. The molecule has 1 atom stereocenters. The maximum absolute atomic E-state index is 12.0. The predicted molar refractivity (Wildman–Crippen MR) is 110 cm³/mol. The molecule has 0 saturated carbocycles. The van der Waals surface area contributed by atoms with E-state index >= 15 is 0 Å². The summed E-state index contributed by atoms with van der Waals surface area (Å²) in [6.45, 7) is 0.742. The summed E-state index contributed by atoms with van der Waals surface area (Å²) in [7, 11) is -0.754. The maximum atomic E-state index is 12.0. The van der Waals surface area contributed by atoms with E-state index in [0.29, 0.717) is 0 Å². The van der Waals surface area contributed by atoms with E-state index in [1.807, 2.05) is 24.4 Å². The summed E-state index contributed by atoms with van der Waals surface area (Å²) in [6.07, 6.45) is 4.73. The molecule has 150 valence electrons. The van der Waals surface area contributed by atoms with Gasteiger partial charge in [0.1, 0.15) is 16.4 Å². The number of aromatic amines is 1. The fourth-order valence-electron chi connectivity index (χ4n) is 4.41. The number of ether oxygens (including phenoxy) is 2. The second-order valence-corrected chi connectivity index (χ2v) is 8.91. The van der Waals surface area contributed by atoms with Crippen LogP contribution in [-0.2, 0) is 23.0 Å². The highest BCUT2D eigenvalue weighted by Gasteiger charge is 2.33. The van der Waals surface area contributed by atoms with Crippen LogP contribution in [-0.4, -0.2) is 32.5 Å². The lowest BCUT2D eigenvalue weighted by Crippen LogP contribution is -2.32. The first-order valence-electron chi connectivity index (χ1n) is 9.25. The lowest BCUT2D eigenvalue weighted by Gasteiger charge is -2.38. The van der Waals surface area contributed by atoms with Crippen molar-refractivity contribution < 1.29 is 17.9 Å². The van der Waals surface area contributed by atoms with Gasteiger partial charge in [0.15, 0.2) is 0 Å². The van der Waals surface area contributed by atoms with Crippen LogP contribution in [0.4, 0.5) is 0 Å². The lowest BCUT2D eigenvalue weighted by atomic mass is 9.87. The van der Waals surface area contributed by atoms with Crippen LogP contribution in [0.3, 0.4) is 0 Å². The van der Waals surface area contributed by atoms with Crippen molar-refractivity contribution in [2.24, 2.45) is 5.14 Å². The molecule has 5 rings (SSSR count). The smallest absolute Gasteiger partial charge is 0.241 e. The molecule has 7 nitrogen and oxygen atoms in total. The third-order valence-electron chi connectivity index (χ3n) is 5.82. The average Bonchev–Trinajstić information content (AvgIpc) is 3.07. The van der Waals surface area contributed by atoms with Gasteiger partial charge in [-0.2, -0.15) is 0 Å². The fraction of sp³-hybridized carbons (Fsp3) is 0.238. The molecule has 2 aliphatic rings. The zero-order chi connectivity index (χ0) is 20.3. The molecule has 3 heterocycles. The Morgan fingerprint density at radius 2 is 2.00 bits per heavy atom. The molecule has 0 radical (unpaired) electrons. The Morgan fingerprint density at radius 3 is 2.72 bits per heavy atom. The lowest BCUT2D eigenvalue weighted by molar-refractivity contribution is 0.246. The van der Waals surface area contributed by atoms with E-state index in [9.17, 15) is 8.42 Å². The number of hydrogen-bond acceptors (Lipinski definition) is 5. The van der Waals surface area contributed by atoms with Crippen molar-refractivity contribution in [3.05, 3.63) is 58.9 Å². The second kappa shape index (κ2) is 6.27. The molecule has 0 spiro atoms. The SMILES string of the molecule is COc1ccc2[nH]c3c(c2c1)C[C@H]1c2cc(OC)c(S(N)(=O)=O)cc2C=CN1C3. The summed E-state index contributed by atoms with van der Waals surface area (Å²) in [6, 6.07) is 9.53. The molecular weight excluding hydrogens is 390 g/mol. The molecule has 3 N–H and O–H groups in total. The summed E-state index contributed by atoms with van der Waals surface area (Å²) in [4.78, 5) is 5.79. The Bertz CT molecular complexity index is 1280. The Labute approximate surface area is 168 Å². The minimum atomic E-state index is -3.88. The number of methoxy groups -OCH3 is 2. The van der Waals surface area contributed by atoms with E-state index in [0.717, 1.165) is 40.7 Å². The summed E-state index contributed by atoms with van der Waals surface area (Å²) in [5.74, 6) is 1.10. The standard InChI is InChI=1S/C21H21N3O4S/c1-27-13-3-4-17-15(8-13)16-9-19-14-10-20(28-2)21(29(22,25)26)7-12(14)5-6-24(19)11-18(16)23-17/h3-8,10,19,23H,9,11H2,1-2H3,(H2,22,25,26)/t19-/m0/s1. The van der Waals surface area contributed by atoms with Crippen molar-refractivity contribution in [1.82, 2.24) is 9.88 Å². The number of nitrogens with zero attached hydrogens (tertiary/aromatic N) is 1. The molecule has 3 aromatic rings. The third-order valence-corrected chi connectivity index (χ3v) is 6.75. The monoisotopic (exact) mass is 411 g/mol. The van der Waals surface area contributed by atoms with Gasteiger partial charge in [-0.25, -0.2) is 13.6 Å². The average molecular weight is 411 g/mol. The van der Waals surface area contributed by atoms with Gasteiger partial charge in [-0.15, -0.1) is 0 Å². The molecule has 2 aromatic carbocycles. The fourth-order valence-corrected chi connectivity index (χ4v) is 5.12. The van der Waals surface area contributed by atoms with Gasteiger partial charge >= 0.3 is 0 Å². The topological polar surface area (TPSA) is 97.6 Å². The van der Waals surface area contributed by atoms with E-state index in [-0.39, 0.29) is 16.7 Å². The Morgan fingerprint density at radius 1 is 1.17 bits per heavy atom. The highest BCUT2D eigenvalue weighted by Crippen LogP contribution is 2.43. The van der Waals surface area contributed by atoms with Crippen LogP contribution < -0.4 is 14.6 Å². The molecule has 0 unspecified atom stereocenters. The number of nitrogens with one attached hydrogen (secondary N) is 1. The molecule has 29 heavy (non-hydrogen) atoms. The first-order chi connectivity index (χ1) is 13.9. The molecule has 2 aliphatic heterocycles. The van der Waals surface area contributed by atoms with Crippen molar-refractivity contribution in [3.63, 3.8) is 0 Å². The minimum absolute atomic E-state index is 0.00480. The van der Waals surface area contributed by atoms with Gasteiger partial charge < -0.3 is 19.4 Å². The number of primary sulfonamides is 1. The van der Waals surface area contributed by atoms with Crippen LogP contribution in [0.5, 0.6) is 11.5 Å². The van der Waals surface area contributed by atoms with Gasteiger partial charge in [0.05, 0.1) is 26.8 Å². The first-order valence-corrected chi connectivity index (χ1v) is 10.8. The molecule has 0 bridgehead atoms. The molecule has 0 amide bonds. The number of sulfonamides is 1. The van der Waals surface area contributed by atoms with Gasteiger partial charge in [-0.1, -0.05) is 0 Å². The molecule has 1 aromatic heterocycles. The Balaban J connectivity index is 1.64. The Hall–Kier alpha value is -2.97. The van der Waals surface area contributed by atoms with Crippen molar-refractivity contribution in [2.75, 3.05) is 14.2 Å². The molecule has 8 heteroatoms. The number of fused-ring (bicyclic) bond motifs is 6. The second-order valence-electron chi connectivity index (χ2n) is 7.38. The zero-order valence-corrected chi connectivity index (χ0v) is 16.9. The number of benzene rings is 2. The number of nitrogens with two attached hydrogens (primary N) is 1. The van der Waals surface area contributed by atoms with Crippen LogP contribution in [0.1, 0.15) is 28.4 Å². The molecule has 0 fully saturated rings. The van der Waals surface area contributed by atoms with Crippen LogP contribution >= 0.6 is 0 Å². The molecular formula is C21H21N3O4S. The van der Waals surface area contributed by atoms with E-state index in [1.165, 1.54) is 18.4 Å². The van der Waals surface area contributed by atoms with Gasteiger partial charge in [0.25, 0.3) is 0 Å². The Kier molecular flexibility index (Phi) is 3.91. The van der Waals surface area contributed by atoms with Gasteiger partial charge in [-0.05, 0) is 59.5 Å². The highest BCUT2D eigenvalue weighted by atomic mass is 32.2. The summed E-state index contributed by atoms with van der Waals surface area (Å²) >= 11 is 0. The number of H-pyrrole nitrogens is 1. The summed E-state index contributed by atoms with van der Waals surface area (Å²) in [5.41, 5.74) is 5.40. The highest BCUT2D eigenvalue weighted by molar-refractivity contribution is 7.89. The van der Waals surface area contributed by atoms with Crippen LogP contribution in [0.2, 0.25) is 0 Å². The number of aromatic nitrogens is 1. The van der Waals surface area contributed by atoms with E-state index in [4.69, 9.17) is 14.6 Å². The number of rotatable bonds is 3. The van der Waals surface area contributed by atoms with Gasteiger partial charge in [0.2, 0.25) is 10.0 Å². The van der Waals surface area contributed by atoms with Crippen molar-refractivity contribution in [1.29, 1.82) is 0 Å². The third kappa shape index (κ3) is 2.79. The summed E-state index contributed by atoms with van der Waals surface area (Å²) < 4.78 is 34.7.